The molecule has 0 atom stereocenters. The number of pyridine rings is 2. The van der Waals surface area contributed by atoms with Crippen molar-refractivity contribution in [2.24, 2.45) is 0 Å². The number of hydrogen-bond acceptors (Lipinski definition) is 3. The predicted molar refractivity (Wildman–Crippen MR) is 197 cm³/mol. The maximum absolute atomic E-state index is 5.47. The molecule has 46 heavy (non-hydrogen) atoms. The summed E-state index contributed by atoms with van der Waals surface area (Å²) in [7, 11) is 0. The molecule has 0 saturated heterocycles. The second-order valence-corrected chi connectivity index (χ2v) is 14.6. The average molecular weight is 618 g/mol. The second kappa shape index (κ2) is 11.3. The zero-order chi connectivity index (χ0) is 32.2. The van der Waals surface area contributed by atoms with Crippen LogP contribution >= 0.6 is 12.6 Å². The molecule has 4 heteroatoms. The number of benzene rings is 4. The number of nitrogens with zero attached hydrogens (tertiary/aromatic N) is 3. The van der Waals surface area contributed by atoms with Crippen LogP contribution in [0.15, 0.2) is 126 Å². The highest BCUT2D eigenvalue weighted by Crippen LogP contribution is 2.41. The molecule has 4 aromatic carbocycles. The van der Waals surface area contributed by atoms with Crippen LogP contribution in [0.5, 0.6) is 0 Å². The highest BCUT2D eigenvalue weighted by molar-refractivity contribution is 7.80. The topological polar surface area (TPSA) is 30.7 Å². The van der Waals surface area contributed by atoms with Crippen LogP contribution in [0, 0.1) is 0 Å². The van der Waals surface area contributed by atoms with Crippen molar-refractivity contribution in [3.63, 3.8) is 0 Å². The van der Waals surface area contributed by atoms with Crippen molar-refractivity contribution in [3.8, 4) is 39.3 Å². The zero-order valence-corrected chi connectivity index (χ0v) is 28.2. The summed E-state index contributed by atoms with van der Waals surface area (Å²) in [4.78, 5) is 11.1. The van der Waals surface area contributed by atoms with Crippen LogP contribution in [-0.4, -0.2) is 14.5 Å². The van der Waals surface area contributed by atoms with Gasteiger partial charge in [-0.15, -0.1) is 12.6 Å². The Morgan fingerprint density at radius 2 is 1.35 bits per heavy atom. The summed E-state index contributed by atoms with van der Waals surface area (Å²) < 4.78 is 2.30. The minimum atomic E-state index is -0.0636. The van der Waals surface area contributed by atoms with Crippen LogP contribution in [0.4, 0.5) is 0 Å². The Balaban J connectivity index is 1.52. The summed E-state index contributed by atoms with van der Waals surface area (Å²) in [6, 6.07) is 40.9. The van der Waals surface area contributed by atoms with Gasteiger partial charge in [-0.3, -0.25) is 9.55 Å². The summed E-state index contributed by atoms with van der Waals surface area (Å²) >= 11 is 5.15. The summed E-state index contributed by atoms with van der Waals surface area (Å²) in [6.07, 6.45) is 1.84. The first kappa shape index (κ1) is 30.0. The van der Waals surface area contributed by atoms with E-state index in [0.717, 1.165) is 49.6 Å². The maximum Gasteiger partial charge on any atom is 0.146 e. The summed E-state index contributed by atoms with van der Waals surface area (Å²) in [6.45, 7) is 13.6. The molecule has 0 aliphatic rings. The van der Waals surface area contributed by atoms with Gasteiger partial charge in [0.1, 0.15) is 5.65 Å². The van der Waals surface area contributed by atoms with Crippen LogP contribution in [0.25, 0.3) is 61.3 Å². The summed E-state index contributed by atoms with van der Waals surface area (Å²) in [5.41, 5.74) is 11.9. The molecular weight excluding hydrogens is 579 g/mol. The third-order valence-electron chi connectivity index (χ3n) is 8.85. The molecule has 3 nitrogen and oxygen atoms in total. The molecule has 0 saturated carbocycles. The van der Waals surface area contributed by atoms with E-state index in [-0.39, 0.29) is 10.8 Å². The third kappa shape index (κ3) is 5.41. The fraction of sp³-hybridized carbons (Fsp3) is 0.190. The SMILES string of the molecule is CC(C)(C)c1cc(-c2ccc3c4cc(-c5ccccc5)ccc4n(-c4cccc(-c5ccccn5)c4)c3n2)c(S)c(C(C)(C)C)c1. The lowest BCUT2D eigenvalue weighted by molar-refractivity contribution is 0.560. The Hall–Kier alpha value is -4.67. The summed E-state index contributed by atoms with van der Waals surface area (Å²) in [5.74, 6) is 0. The fourth-order valence-corrected chi connectivity index (χ4v) is 6.86. The van der Waals surface area contributed by atoms with E-state index >= 15 is 0 Å². The van der Waals surface area contributed by atoms with Crippen LogP contribution in [-0.2, 0) is 10.8 Å². The van der Waals surface area contributed by atoms with Crippen LogP contribution in [0.2, 0.25) is 0 Å². The van der Waals surface area contributed by atoms with E-state index in [4.69, 9.17) is 17.6 Å². The quantitative estimate of drug-likeness (QED) is 0.199. The van der Waals surface area contributed by atoms with Gasteiger partial charge >= 0.3 is 0 Å². The molecule has 0 aliphatic heterocycles. The van der Waals surface area contributed by atoms with E-state index in [9.17, 15) is 0 Å². The van der Waals surface area contributed by atoms with E-state index in [0.29, 0.717) is 0 Å². The lowest BCUT2D eigenvalue weighted by Gasteiger charge is -2.28. The molecular formula is C42H39N3S. The Kier molecular flexibility index (Phi) is 7.37. The smallest absolute Gasteiger partial charge is 0.146 e. The normalized spacial score (nSPS) is 12.2. The molecule has 7 aromatic rings. The van der Waals surface area contributed by atoms with Gasteiger partial charge in [0.15, 0.2) is 0 Å². The van der Waals surface area contributed by atoms with Gasteiger partial charge in [0.05, 0.1) is 16.9 Å². The summed E-state index contributed by atoms with van der Waals surface area (Å²) in [5, 5.41) is 2.28. The predicted octanol–water partition coefficient (Wildman–Crippen LogP) is 11.5. The van der Waals surface area contributed by atoms with Crippen molar-refractivity contribution in [1.82, 2.24) is 14.5 Å². The Labute approximate surface area is 277 Å². The monoisotopic (exact) mass is 617 g/mol. The van der Waals surface area contributed by atoms with Gasteiger partial charge in [0.2, 0.25) is 0 Å². The van der Waals surface area contributed by atoms with Gasteiger partial charge < -0.3 is 0 Å². The molecule has 0 fully saturated rings. The van der Waals surface area contributed by atoms with Gasteiger partial charge in [-0.1, -0.05) is 102 Å². The molecule has 0 aliphatic carbocycles. The van der Waals surface area contributed by atoms with Crippen LogP contribution in [0.3, 0.4) is 0 Å². The molecule has 0 bridgehead atoms. The van der Waals surface area contributed by atoms with E-state index in [1.165, 1.54) is 27.6 Å². The first-order chi connectivity index (χ1) is 22.0. The average Bonchev–Trinajstić information content (AvgIpc) is 3.37. The van der Waals surface area contributed by atoms with Crippen molar-refractivity contribution in [2.75, 3.05) is 0 Å². The third-order valence-corrected chi connectivity index (χ3v) is 9.33. The number of rotatable bonds is 4. The first-order valence-electron chi connectivity index (χ1n) is 15.9. The molecule has 0 spiro atoms. The minimum absolute atomic E-state index is 0.0189. The van der Waals surface area contributed by atoms with Gasteiger partial charge in [-0.05, 0) is 87.7 Å². The van der Waals surface area contributed by atoms with Crippen molar-refractivity contribution in [3.05, 3.63) is 133 Å². The highest BCUT2D eigenvalue weighted by atomic mass is 32.1. The van der Waals surface area contributed by atoms with E-state index < -0.39 is 0 Å². The lowest BCUT2D eigenvalue weighted by Crippen LogP contribution is -2.17. The Morgan fingerprint density at radius 1 is 0.587 bits per heavy atom. The van der Waals surface area contributed by atoms with Crippen LogP contribution < -0.4 is 0 Å². The largest absolute Gasteiger partial charge is 0.294 e. The molecule has 0 N–H and O–H groups in total. The number of aromatic nitrogens is 3. The second-order valence-electron chi connectivity index (χ2n) is 14.2. The number of thiol groups is 1. The van der Waals surface area contributed by atoms with Gasteiger partial charge in [0.25, 0.3) is 0 Å². The van der Waals surface area contributed by atoms with Crippen molar-refractivity contribution >= 4 is 34.6 Å². The fourth-order valence-electron chi connectivity index (χ4n) is 6.28. The molecule has 0 amide bonds. The molecule has 228 valence electrons. The van der Waals surface area contributed by atoms with E-state index in [2.05, 4.69) is 154 Å². The van der Waals surface area contributed by atoms with E-state index in [1.54, 1.807) is 0 Å². The molecule has 0 unspecified atom stereocenters. The minimum Gasteiger partial charge on any atom is -0.294 e. The molecule has 3 heterocycles. The number of fused-ring (bicyclic) bond motifs is 3. The molecule has 7 rings (SSSR count). The van der Waals surface area contributed by atoms with E-state index in [1.807, 2.05) is 18.3 Å². The Morgan fingerprint density at radius 3 is 2.07 bits per heavy atom. The van der Waals surface area contributed by atoms with Gasteiger partial charge in [-0.2, -0.15) is 0 Å². The van der Waals surface area contributed by atoms with Gasteiger partial charge in [-0.25, -0.2) is 4.98 Å². The number of hydrogen-bond donors (Lipinski definition) is 1. The maximum atomic E-state index is 5.47. The van der Waals surface area contributed by atoms with Gasteiger partial charge in [0, 0.05) is 38.7 Å². The highest BCUT2D eigenvalue weighted by Gasteiger charge is 2.25. The lowest BCUT2D eigenvalue weighted by atomic mass is 9.79. The zero-order valence-electron chi connectivity index (χ0n) is 27.3. The first-order valence-corrected chi connectivity index (χ1v) is 16.3. The molecule has 0 radical (unpaired) electrons. The molecule has 3 aromatic heterocycles. The van der Waals surface area contributed by atoms with Crippen molar-refractivity contribution < 1.29 is 0 Å². The standard InChI is InChI=1S/C42H39N3S/c1-41(2,3)30-25-34(39(46)35(26-30)42(4,5)6)37-20-19-32-33-24-28(27-13-8-7-9-14-27)18-21-38(33)45(40(32)44-37)31-16-12-15-29(23-31)36-17-10-11-22-43-36/h7-26,46H,1-6H3. The Bertz CT molecular complexity index is 2220. The van der Waals surface area contributed by atoms with Crippen molar-refractivity contribution in [2.45, 2.75) is 57.3 Å². The van der Waals surface area contributed by atoms with Crippen molar-refractivity contribution in [1.29, 1.82) is 0 Å². The van der Waals surface area contributed by atoms with Crippen LogP contribution in [0.1, 0.15) is 52.7 Å².